The Morgan fingerprint density at radius 1 is 1.27 bits per heavy atom. The fourth-order valence-corrected chi connectivity index (χ4v) is 3.02. The van der Waals surface area contributed by atoms with Gasteiger partial charge in [-0.1, -0.05) is 11.6 Å². The van der Waals surface area contributed by atoms with Crippen LogP contribution < -0.4 is 10.2 Å². The Hall–Kier alpha value is -2.93. The molecule has 1 aliphatic rings. The van der Waals surface area contributed by atoms with Gasteiger partial charge in [0.05, 0.1) is 10.8 Å². The van der Waals surface area contributed by atoms with Crippen molar-refractivity contribution in [2.45, 2.75) is 13.3 Å². The second-order valence-corrected chi connectivity index (χ2v) is 6.56. The molecule has 1 N–H and O–H groups in total. The molecule has 2 amide bonds. The molecule has 0 aliphatic carbocycles. The predicted molar refractivity (Wildman–Crippen MR) is 98.4 cm³/mol. The maximum Gasteiger partial charge on any atom is 0.269 e. The highest BCUT2D eigenvalue weighted by molar-refractivity contribution is 6.30. The molecule has 26 heavy (non-hydrogen) atoms. The molecule has 0 saturated carbocycles. The molecule has 2 aromatic rings. The summed E-state index contributed by atoms with van der Waals surface area (Å²) in [7, 11) is 0. The summed E-state index contributed by atoms with van der Waals surface area (Å²) in [4.78, 5) is 36.6. The molecular weight excluding hydrogens is 358 g/mol. The average Bonchev–Trinajstić information content (AvgIpc) is 2.99. The van der Waals surface area contributed by atoms with Crippen molar-refractivity contribution in [1.82, 2.24) is 0 Å². The van der Waals surface area contributed by atoms with Crippen molar-refractivity contribution >= 4 is 40.5 Å². The number of carbonyl (C=O) groups excluding carboxylic acids is 2. The maximum atomic E-state index is 12.5. The van der Waals surface area contributed by atoms with Crippen LogP contribution in [-0.4, -0.2) is 23.3 Å². The van der Waals surface area contributed by atoms with Gasteiger partial charge in [0, 0.05) is 41.5 Å². The van der Waals surface area contributed by atoms with Crippen LogP contribution in [0, 0.1) is 23.0 Å². The smallest absolute Gasteiger partial charge is 0.269 e. The first-order chi connectivity index (χ1) is 12.3. The van der Waals surface area contributed by atoms with E-state index in [0.29, 0.717) is 22.0 Å². The molecule has 1 aliphatic heterocycles. The first-order valence-corrected chi connectivity index (χ1v) is 8.35. The van der Waals surface area contributed by atoms with Gasteiger partial charge in [-0.25, -0.2) is 0 Å². The molecule has 3 rings (SSSR count). The van der Waals surface area contributed by atoms with Gasteiger partial charge in [-0.3, -0.25) is 19.7 Å². The maximum absolute atomic E-state index is 12.5. The summed E-state index contributed by atoms with van der Waals surface area (Å²) in [5.41, 5.74) is 1.75. The Kier molecular flexibility index (Phi) is 4.90. The molecule has 0 bridgehead atoms. The number of rotatable bonds is 4. The van der Waals surface area contributed by atoms with E-state index in [0.717, 1.165) is 0 Å². The number of non-ortho nitro benzene ring substituents is 1. The molecule has 134 valence electrons. The van der Waals surface area contributed by atoms with Gasteiger partial charge >= 0.3 is 0 Å². The SMILES string of the molecule is Cc1cc([N+](=O)[O-])ccc1NC(=O)[C@@H]1CC(=O)N(c2ccc(Cl)cc2)C1. The number of halogens is 1. The fourth-order valence-electron chi connectivity index (χ4n) is 2.89. The number of hydrogen-bond acceptors (Lipinski definition) is 4. The first-order valence-electron chi connectivity index (χ1n) is 7.97. The van der Waals surface area contributed by atoms with Gasteiger partial charge in [-0.15, -0.1) is 0 Å². The number of nitro groups is 1. The van der Waals surface area contributed by atoms with Crippen LogP contribution in [0.4, 0.5) is 17.1 Å². The number of anilines is 2. The minimum Gasteiger partial charge on any atom is -0.326 e. The highest BCUT2D eigenvalue weighted by Gasteiger charge is 2.35. The van der Waals surface area contributed by atoms with Crippen LogP contribution in [0.3, 0.4) is 0 Å². The molecule has 0 aromatic heterocycles. The zero-order chi connectivity index (χ0) is 18.8. The summed E-state index contributed by atoms with van der Waals surface area (Å²) in [6.07, 6.45) is 0.112. The molecule has 0 radical (unpaired) electrons. The second kappa shape index (κ2) is 7.13. The topological polar surface area (TPSA) is 92.5 Å². The molecule has 0 unspecified atom stereocenters. The lowest BCUT2D eigenvalue weighted by molar-refractivity contribution is -0.384. The third-order valence-electron chi connectivity index (χ3n) is 4.31. The zero-order valence-electron chi connectivity index (χ0n) is 13.9. The third-order valence-corrected chi connectivity index (χ3v) is 4.56. The second-order valence-electron chi connectivity index (χ2n) is 6.13. The van der Waals surface area contributed by atoms with E-state index in [-0.39, 0.29) is 30.5 Å². The largest absolute Gasteiger partial charge is 0.326 e. The number of nitrogens with zero attached hydrogens (tertiary/aromatic N) is 2. The van der Waals surface area contributed by atoms with Crippen molar-refractivity contribution in [1.29, 1.82) is 0 Å². The molecule has 1 atom stereocenters. The standard InChI is InChI=1S/C18H16ClN3O4/c1-11-8-15(22(25)26)6-7-16(11)20-18(24)12-9-17(23)21(10-12)14-4-2-13(19)3-5-14/h2-8,12H,9-10H2,1H3,(H,20,24)/t12-/m1/s1. The number of aryl methyl sites for hydroxylation is 1. The minimum atomic E-state index is -0.493. The van der Waals surface area contributed by atoms with Crippen LogP contribution >= 0.6 is 11.6 Å². The van der Waals surface area contributed by atoms with Crippen molar-refractivity contribution in [3.63, 3.8) is 0 Å². The molecule has 7 nitrogen and oxygen atoms in total. The van der Waals surface area contributed by atoms with Crippen LogP contribution in [-0.2, 0) is 9.59 Å². The molecule has 0 spiro atoms. The Morgan fingerprint density at radius 3 is 2.58 bits per heavy atom. The van der Waals surface area contributed by atoms with E-state index in [1.54, 1.807) is 36.1 Å². The lowest BCUT2D eigenvalue weighted by Crippen LogP contribution is -2.28. The summed E-state index contributed by atoms with van der Waals surface area (Å²) in [6, 6.07) is 11.1. The van der Waals surface area contributed by atoms with E-state index in [1.165, 1.54) is 18.2 Å². The summed E-state index contributed by atoms with van der Waals surface area (Å²) >= 11 is 5.86. The van der Waals surface area contributed by atoms with Gasteiger partial charge in [0.1, 0.15) is 0 Å². The summed E-state index contributed by atoms with van der Waals surface area (Å²) < 4.78 is 0. The minimum absolute atomic E-state index is 0.0366. The fraction of sp³-hybridized carbons (Fsp3) is 0.222. The van der Waals surface area contributed by atoms with Crippen LogP contribution in [0.25, 0.3) is 0 Å². The molecular formula is C18H16ClN3O4. The van der Waals surface area contributed by atoms with E-state index >= 15 is 0 Å². The van der Waals surface area contributed by atoms with Crippen LogP contribution in [0.2, 0.25) is 5.02 Å². The van der Waals surface area contributed by atoms with Crippen LogP contribution in [0.1, 0.15) is 12.0 Å². The molecule has 2 aromatic carbocycles. The molecule has 1 fully saturated rings. The number of nitrogens with one attached hydrogen (secondary N) is 1. The van der Waals surface area contributed by atoms with Crippen molar-refractivity contribution < 1.29 is 14.5 Å². The molecule has 1 heterocycles. The van der Waals surface area contributed by atoms with Crippen LogP contribution in [0.15, 0.2) is 42.5 Å². The van der Waals surface area contributed by atoms with Crippen molar-refractivity contribution in [3.8, 4) is 0 Å². The summed E-state index contributed by atoms with van der Waals surface area (Å²) in [5, 5.41) is 14.1. The Bertz CT molecular complexity index is 883. The number of nitro benzene ring substituents is 1. The highest BCUT2D eigenvalue weighted by Crippen LogP contribution is 2.28. The third kappa shape index (κ3) is 3.67. The summed E-state index contributed by atoms with van der Waals surface area (Å²) in [5.74, 6) is -0.910. The lowest BCUT2D eigenvalue weighted by atomic mass is 10.1. The van der Waals surface area contributed by atoms with Gasteiger partial charge in [0.2, 0.25) is 11.8 Å². The Labute approximate surface area is 154 Å². The Balaban J connectivity index is 1.70. The predicted octanol–water partition coefficient (Wildman–Crippen LogP) is 3.55. The van der Waals surface area contributed by atoms with Crippen molar-refractivity contribution in [2.75, 3.05) is 16.8 Å². The van der Waals surface area contributed by atoms with Gasteiger partial charge in [-0.05, 0) is 42.8 Å². The van der Waals surface area contributed by atoms with E-state index in [1.807, 2.05) is 0 Å². The zero-order valence-corrected chi connectivity index (χ0v) is 14.7. The Morgan fingerprint density at radius 2 is 1.96 bits per heavy atom. The number of carbonyl (C=O) groups is 2. The monoisotopic (exact) mass is 373 g/mol. The van der Waals surface area contributed by atoms with E-state index < -0.39 is 10.8 Å². The van der Waals surface area contributed by atoms with Crippen LogP contribution in [0.5, 0.6) is 0 Å². The number of amides is 2. The number of benzene rings is 2. The highest BCUT2D eigenvalue weighted by atomic mass is 35.5. The van der Waals surface area contributed by atoms with Crippen molar-refractivity contribution in [3.05, 3.63) is 63.2 Å². The summed E-state index contributed by atoms with van der Waals surface area (Å²) in [6.45, 7) is 1.96. The van der Waals surface area contributed by atoms with E-state index in [2.05, 4.69) is 5.32 Å². The van der Waals surface area contributed by atoms with E-state index in [9.17, 15) is 19.7 Å². The quantitative estimate of drug-likeness (QED) is 0.655. The van der Waals surface area contributed by atoms with Crippen molar-refractivity contribution in [2.24, 2.45) is 5.92 Å². The first kappa shape index (κ1) is 17.9. The van der Waals surface area contributed by atoms with Gasteiger partial charge in [-0.2, -0.15) is 0 Å². The average molecular weight is 374 g/mol. The van der Waals surface area contributed by atoms with Gasteiger partial charge < -0.3 is 10.2 Å². The van der Waals surface area contributed by atoms with Gasteiger partial charge in [0.25, 0.3) is 5.69 Å². The molecule has 1 saturated heterocycles. The lowest BCUT2D eigenvalue weighted by Gasteiger charge is -2.17. The normalized spacial score (nSPS) is 16.6. The van der Waals surface area contributed by atoms with E-state index in [4.69, 9.17) is 11.6 Å². The van der Waals surface area contributed by atoms with Gasteiger partial charge in [0.15, 0.2) is 0 Å². The molecule has 8 heteroatoms. The number of hydrogen-bond donors (Lipinski definition) is 1.